The van der Waals surface area contributed by atoms with E-state index < -0.39 is 0 Å². The molecule has 1 heterocycles. The zero-order chi connectivity index (χ0) is 20.4. The van der Waals surface area contributed by atoms with Crippen molar-refractivity contribution in [3.63, 3.8) is 0 Å². The van der Waals surface area contributed by atoms with Crippen LogP contribution in [0, 0.1) is 34.5 Å². The predicted octanol–water partition coefficient (Wildman–Crippen LogP) is 4.49. The Morgan fingerprint density at radius 2 is 1.93 bits per heavy atom. The number of phenols is 1. The molecule has 2 unspecified atom stereocenters. The molecule has 4 aliphatic rings. The number of ketones is 1. The Kier molecular flexibility index (Phi) is 4.20. The van der Waals surface area contributed by atoms with Crippen molar-refractivity contribution in [1.82, 2.24) is 5.32 Å². The molecule has 0 bridgehead atoms. The van der Waals surface area contributed by atoms with E-state index in [0.29, 0.717) is 23.3 Å². The van der Waals surface area contributed by atoms with Gasteiger partial charge >= 0.3 is 0 Å². The van der Waals surface area contributed by atoms with Gasteiger partial charge in [-0.3, -0.25) is 9.59 Å². The van der Waals surface area contributed by atoms with Crippen molar-refractivity contribution in [1.29, 1.82) is 0 Å². The van der Waals surface area contributed by atoms with E-state index in [1.807, 2.05) is 6.07 Å². The molecule has 5 rings (SSSR count). The van der Waals surface area contributed by atoms with Crippen molar-refractivity contribution in [3.8, 4) is 5.75 Å². The highest BCUT2D eigenvalue weighted by Gasteiger charge is 2.60. The summed E-state index contributed by atoms with van der Waals surface area (Å²) in [5.41, 5.74) is 0.715. The second-order valence-corrected chi connectivity index (χ2v) is 10.3. The molecule has 0 radical (unpaired) electrons. The predicted molar refractivity (Wildman–Crippen MR) is 111 cm³/mol. The van der Waals surface area contributed by atoms with Gasteiger partial charge in [0.25, 0.3) is 0 Å². The van der Waals surface area contributed by atoms with Crippen LogP contribution < -0.4 is 5.32 Å². The maximum Gasteiger partial charge on any atom is 0.243 e. The number of hydrogen-bond donors (Lipinski definition) is 2. The highest BCUT2D eigenvalue weighted by atomic mass is 16.3. The quantitative estimate of drug-likeness (QED) is 0.728. The lowest BCUT2D eigenvalue weighted by Crippen LogP contribution is -2.59. The van der Waals surface area contributed by atoms with Gasteiger partial charge in [-0.25, -0.2) is 0 Å². The van der Waals surface area contributed by atoms with E-state index in [0.717, 1.165) is 38.5 Å². The van der Waals surface area contributed by atoms with Gasteiger partial charge in [-0.05, 0) is 79.9 Å². The summed E-state index contributed by atoms with van der Waals surface area (Å²) in [6, 6.07) is 7.09. The van der Waals surface area contributed by atoms with Crippen molar-refractivity contribution >= 4 is 11.7 Å². The molecule has 7 atom stereocenters. The third kappa shape index (κ3) is 2.71. The van der Waals surface area contributed by atoms with Crippen LogP contribution in [0.15, 0.2) is 36.4 Å². The van der Waals surface area contributed by atoms with Gasteiger partial charge in [0.1, 0.15) is 5.75 Å². The average Bonchev–Trinajstić information content (AvgIpc) is 3.05. The van der Waals surface area contributed by atoms with Gasteiger partial charge < -0.3 is 10.4 Å². The first-order chi connectivity index (χ1) is 13.8. The van der Waals surface area contributed by atoms with Gasteiger partial charge in [0.2, 0.25) is 5.91 Å². The first-order valence-corrected chi connectivity index (χ1v) is 11.2. The molecule has 4 nitrogen and oxygen atoms in total. The normalized spacial score (nSPS) is 43.1. The van der Waals surface area contributed by atoms with Crippen LogP contribution in [0.25, 0.3) is 0 Å². The second-order valence-electron chi connectivity index (χ2n) is 10.3. The van der Waals surface area contributed by atoms with E-state index in [4.69, 9.17) is 0 Å². The zero-order valence-corrected chi connectivity index (χ0v) is 17.4. The third-order valence-electron chi connectivity index (χ3n) is 9.13. The molecule has 154 valence electrons. The van der Waals surface area contributed by atoms with Crippen LogP contribution in [0.4, 0.5) is 0 Å². The lowest BCUT2D eigenvalue weighted by molar-refractivity contribution is -0.122. The fourth-order valence-corrected chi connectivity index (χ4v) is 7.62. The molecule has 1 aromatic rings. The Labute approximate surface area is 172 Å². The Bertz CT molecular complexity index is 892. The van der Waals surface area contributed by atoms with E-state index in [1.165, 1.54) is 0 Å². The lowest BCUT2D eigenvalue weighted by Gasteiger charge is -2.58. The van der Waals surface area contributed by atoms with Gasteiger partial charge in [0, 0.05) is 22.9 Å². The highest BCUT2D eigenvalue weighted by molar-refractivity contribution is 5.99. The van der Waals surface area contributed by atoms with Crippen molar-refractivity contribution in [2.75, 3.05) is 0 Å². The zero-order valence-electron chi connectivity index (χ0n) is 17.4. The average molecular weight is 394 g/mol. The summed E-state index contributed by atoms with van der Waals surface area (Å²) in [5.74, 6) is 2.22. The number of Topliss-reactive ketones (excluding diaryl/α,β-unsaturated/α-hetero) is 1. The molecule has 0 aromatic heterocycles. The summed E-state index contributed by atoms with van der Waals surface area (Å²) in [7, 11) is 0. The second kappa shape index (κ2) is 6.45. The smallest absolute Gasteiger partial charge is 0.243 e. The maximum atomic E-state index is 13.4. The highest BCUT2D eigenvalue weighted by Crippen LogP contribution is 2.65. The van der Waals surface area contributed by atoms with E-state index in [9.17, 15) is 14.7 Å². The number of aromatic hydroxyl groups is 1. The van der Waals surface area contributed by atoms with Crippen LogP contribution in [0.2, 0.25) is 0 Å². The van der Waals surface area contributed by atoms with Crippen molar-refractivity contribution in [3.05, 3.63) is 42.0 Å². The Morgan fingerprint density at radius 3 is 2.72 bits per heavy atom. The molecule has 0 saturated heterocycles. The lowest BCUT2D eigenvalue weighted by atomic mass is 9.47. The monoisotopic (exact) mass is 393 g/mol. The SMILES string of the molecule is C[C@]12C=CC(=O)NC1CC[C@@H]1[C@H]2CC[C@]2(C)C(C(=O)c3cccc(O)c3)CC[C@@H]12. The van der Waals surface area contributed by atoms with Crippen molar-refractivity contribution in [2.24, 2.45) is 34.5 Å². The Hall–Kier alpha value is -2.10. The molecule has 4 heteroatoms. The number of hydrogen-bond acceptors (Lipinski definition) is 3. The fraction of sp³-hybridized carbons (Fsp3) is 0.600. The fourth-order valence-electron chi connectivity index (χ4n) is 7.62. The molecule has 1 amide bonds. The number of carbonyl (C=O) groups is 2. The molecule has 29 heavy (non-hydrogen) atoms. The molecule has 3 fully saturated rings. The summed E-state index contributed by atoms with van der Waals surface area (Å²) in [5, 5.41) is 13.0. The van der Waals surface area contributed by atoms with Crippen LogP contribution in [0.3, 0.4) is 0 Å². The van der Waals surface area contributed by atoms with Gasteiger partial charge in [0.05, 0.1) is 0 Å². The van der Waals surface area contributed by atoms with Crippen LogP contribution in [0.5, 0.6) is 5.75 Å². The van der Waals surface area contributed by atoms with Crippen molar-refractivity contribution < 1.29 is 14.7 Å². The Balaban J connectivity index is 1.43. The number of fused-ring (bicyclic) bond motifs is 5. The van der Waals surface area contributed by atoms with E-state index in [-0.39, 0.29) is 40.2 Å². The van der Waals surface area contributed by atoms with Gasteiger partial charge in [0.15, 0.2) is 5.78 Å². The number of amides is 1. The molecule has 3 aliphatic carbocycles. The van der Waals surface area contributed by atoms with E-state index in [2.05, 4.69) is 25.2 Å². The molecular formula is C25H31NO3. The van der Waals surface area contributed by atoms with Crippen LogP contribution in [-0.4, -0.2) is 22.8 Å². The van der Waals surface area contributed by atoms with Crippen molar-refractivity contribution in [2.45, 2.75) is 58.4 Å². The minimum atomic E-state index is 0.0332. The summed E-state index contributed by atoms with van der Waals surface area (Å²) < 4.78 is 0. The maximum absolute atomic E-state index is 13.4. The molecule has 3 saturated carbocycles. The van der Waals surface area contributed by atoms with Crippen LogP contribution in [0.1, 0.15) is 62.7 Å². The molecule has 0 spiro atoms. The minimum absolute atomic E-state index is 0.0332. The number of phenolic OH excluding ortho intramolecular Hbond substituents is 1. The number of nitrogens with one attached hydrogen (secondary N) is 1. The van der Waals surface area contributed by atoms with Gasteiger partial charge in [-0.15, -0.1) is 0 Å². The molecular weight excluding hydrogens is 362 g/mol. The summed E-state index contributed by atoms with van der Waals surface area (Å²) >= 11 is 0. The van der Waals surface area contributed by atoms with E-state index >= 15 is 0 Å². The Morgan fingerprint density at radius 1 is 1.10 bits per heavy atom. The number of benzene rings is 1. The largest absolute Gasteiger partial charge is 0.508 e. The molecule has 2 N–H and O–H groups in total. The van der Waals surface area contributed by atoms with Gasteiger partial charge in [-0.2, -0.15) is 0 Å². The summed E-state index contributed by atoms with van der Waals surface area (Å²) in [4.78, 5) is 25.3. The third-order valence-corrected chi connectivity index (χ3v) is 9.13. The number of rotatable bonds is 2. The topological polar surface area (TPSA) is 66.4 Å². The van der Waals surface area contributed by atoms with E-state index in [1.54, 1.807) is 24.3 Å². The van der Waals surface area contributed by atoms with Crippen LogP contribution >= 0.6 is 0 Å². The standard InChI is InChI=1S/C25H31NO3/c1-24-12-10-19-17(6-9-21-25(19,2)13-11-22(28)26-21)18(24)7-8-20(24)23(29)15-4-3-5-16(27)14-15/h3-5,11,13-14,17-21,27H,6-10,12H2,1-2H3,(H,26,28)/t17-,18-,19+,20?,21?,24-,25+/m0/s1. The minimum Gasteiger partial charge on any atom is -0.508 e. The molecule has 1 aliphatic heterocycles. The first kappa shape index (κ1) is 18.9. The number of carbonyl (C=O) groups excluding carboxylic acids is 2. The first-order valence-electron chi connectivity index (χ1n) is 11.2. The van der Waals surface area contributed by atoms with Crippen LogP contribution in [-0.2, 0) is 4.79 Å². The summed E-state index contributed by atoms with van der Waals surface area (Å²) in [6.45, 7) is 4.68. The summed E-state index contributed by atoms with van der Waals surface area (Å²) in [6.07, 6.45) is 10.3. The molecule has 1 aromatic carbocycles. The van der Waals surface area contributed by atoms with Gasteiger partial charge in [-0.1, -0.05) is 32.1 Å².